The summed E-state index contributed by atoms with van der Waals surface area (Å²) < 4.78 is 31.6. The Morgan fingerprint density at radius 2 is 2.20 bits per heavy atom. The first kappa shape index (κ1) is 15.5. The van der Waals surface area contributed by atoms with Crippen LogP contribution in [0.2, 0.25) is 5.02 Å². The Morgan fingerprint density at radius 1 is 1.50 bits per heavy atom. The maximum absolute atomic E-state index is 12.2. The maximum Gasteiger partial charge on any atom is 0.239 e. The summed E-state index contributed by atoms with van der Waals surface area (Å²) in [6.07, 6.45) is -0.369. The molecule has 2 rings (SSSR count). The molecule has 5 nitrogen and oxygen atoms in total. The van der Waals surface area contributed by atoms with E-state index in [0.717, 1.165) is 4.70 Å². The molecule has 0 N–H and O–H groups in total. The van der Waals surface area contributed by atoms with Crippen molar-refractivity contribution in [1.29, 1.82) is 0 Å². The number of thiazole rings is 1. The zero-order valence-electron chi connectivity index (χ0n) is 11.3. The highest BCUT2D eigenvalue weighted by atomic mass is 35.5. The van der Waals surface area contributed by atoms with Crippen LogP contribution in [-0.4, -0.2) is 39.4 Å². The summed E-state index contributed by atoms with van der Waals surface area (Å²) in [5.74, 6) is -0.0866. The minimum atomic E-state index is -3.46. The molecule has 0 aliphatic heterocycles. The van der Waals surface area contributed by atoms with Crippen molar-refractivity contribution >= 4 is 48.3 Å². The topological polar surface area (TPSA) is 59.5 Å². The molecule has 1 aromatic heterocycles. The van der Waals surface area contributed by atoms with Crippen LogP contribution in [0.3, 0.4) is 0 Å². The summed E-state index contributed by atoms with van der Waals surface area (Å²) in [5.41, 5.74) is 0.694. The Bertz CT molecular complexity index is 715. The second-order valence-corrected chi connectivity index (χ2v) is 7.89. The molecule has 2 aromatic rings. The van der Waals surface area contributed by atoms with Gasteiger partial charge in [0.15, 0.2) is 5.13 Å². The van der Waals surface area contributed by atoms with Crippen molar-refractivity contribution in [2.45, 2.75) is 13.0 Å². The van der Waals surface area contributed by atoms with E-state index in [1.165, 1.54) is 29.8 Å². The lowest BCUT2D eigenvalue weighted by Gasteiger charge is -2.18. The average molecular weight is 335 g/mol. The lowest BCUT2D eigenvalue weighted by atomic mass is 10.3. The third kappa shape index (κ3) is 3.22. The highest BCUT2D eigenvalue weighted by Crippen LogP contribution is 2.31. The minimum absolute atomic E-state index is 0.0866. The van der Waals surface area contributed by atoms with Crippen molar-refractivity contribution in [3.05, 3.63) is 23.2 Å². The third-order valence-electron chi connectivity index (χ3n) is 2.87. The van der Waals surface area contributed by atoms with Gasteiger partial charge in [-0.25, -0.2) is 17.7 Å². The molecule has 0 bridgehead atoms. The first-order valence-electron chi connectivity index (χ1n) is 5.89. The quantitative estimate of drug-likeness (QED) is 0.843. The fourth-order valence-corrected chi connectivity index (χ4v) is 4.28. The van der Waals surface area contributed by atoms with Crippen molar-refractivity contribution in [3.8, 4) is 0 Å². The van der Waals surface area contributed by atoms with Gasteiger partial charge in [-0.1, -0.05) is 22.9 Å². The van der Waals surface area contributed by atoms with E-state index >= 15 is 0 Å². The van der Waals surface area contributed by atoms with E-state index in [1.54, 1.807) is 19.1 Å². The lowest BCUT2D eigenvalue weighted by molar-refractivity contribution is 0.136. The van der Waals surface area contributed by atoms with E-state index in [2.05, 4.69) is 4.98 Å². The maximum atomic E-state index is 12.2. The van der Waals surface area contributed by atoms with Crippen molar-refractivity contribution in [1.82, 2.24) is 4.98 Å². The molecule has 0 saturated heterocycles. The SMILES string of the molecule is CO[C@@H](C)CS(=O)(=O)N(C)c1nc2cc(Cl)ccc2s1. The molecule has 0 radical (unpaired) electrons. The van der Waals surface area contributed by atoms with Gasteiger partial charge < -0.3 is 4.74 Å². The molecule has 0 amide bonds. The third-order valence-corrected chi connectivity index (χ3v) is 6.23. The number of anilines is 1. The molecule has 20 heavy (non-hydrogen) atoms. The van der Waals surface area contributed by atoms with Crippen LogP contribution < -0.4 is 4.31 Å². The molecular formula is C12H15ClN2O3S2. The molecule has 0 spiro atoms. The molecule has 1 aromatic carbocycles. The van der Waals surface area contributed by atoms with Gasteiger partial charge in [0.1, 0.15) is 0 Å². The molecular weight excluding hydrogens is 320 g/mol. The Morgan fingerprint density at radius 3 is 2.85 bits per heavy atom. The van der Waals surface area contributed by atoms with Gasteiger partial charge >= 0.3 is 0 Å². The molecule has 1 heterocycles. The van der Waals surface area contributed by atoms with Crippen LogP contribution in [0.4, 0.5) is 5.13 Å². The fraction of sp³-hybridized carbons (Fsp3) is 0.417. The molecule has 1 atom stereocenters. The molecule has 0 aliphatic carbocycles. The number of methoxy groups -OCH3 is 1. The highest BCUT2D eigenvalue weighted by Gasteiger charge is 2.24. The number of ether oxygens (including phenoxy) is 1. The van der Waals surface area contributed by atoms with E-state index in [9.17, 15) is 8.42 Å². The molecule has 0 saturated carbocycles. The highest BCUT2D eigenvalue weighted by molar-refractivity contribution is 7.93. The zero-order valence-corrected chi connectivity index (χ0v) is 13.7. The number of fused-ring (bicyclic) bond motifs is 1. The van der Waals surface area contributed by atoms with Crippen LogP contribution >= 0.6 is 22.9 Å². The van der Waals surface area contributed by atoms with Gasteiger partial charge in [-0.15, -0.1) is 0 Å². The van der Waals surface area contributed by atoms with Gasteiger partial charge in [0.05, 0.1) is 22.1 Å². The van der Waals surface area contributed by atoms with Gasteiger partial charge in [0.2, 0.25) is 10.0 Å². The van der Waals surface area contributed by atoms with Crippen molar-refractivity contribution in [2.75, 3.05) is 24.2 Å². The van der Waals surface area contributed by atoms with E-state index < -0.39 is 10.0 Å². The van der Waals surface area contributed by atoms with Gasteiger partial charge in [-0.05, 0) is 25.1 Å². The van der Waals surface area contributed by atoms with Crippen LogP contribution in [0.5, 0.6) is 0 Å². The number of sulfonamides is 1. The predicted molar refractivity (Wildman–Crippen MR) is 83.3 cm³/mol. The van der Waals surface area contributed by atoms with Crippen LogP contribution in [0.1, 0.15) is 6.92 Å². The number of hydrogen-bond donors (Lipinski definition) is 0. The first-order chi connectivity index (χ1) is 9.33. The van der Waals surface area contributed by atoms with Crippen molar-refractivity contribution in [2.24, 2.45) is 0 Å². The molecule has 0 aliphatic rings. The number of hydrogen-bond acceptors (Lipinski definition) is 5. The number of halogens is 1. The summed E-state index contributed by atoms with van der Waals surface area (Å²) in [6, 6.07) is 5.31. The Labute approximate surface area is 127 Å². The summed E-state index contributed by atoms with van der Waals surface area (Å²) in [6.45, 7) is 1.71. The van der Waals surface area contributed by atoms with Crippen LogP contribution in [0.15, 0.2) is 18.2 Å². The molecule has 0 fully saturated rings. The lowest BCUT2D eigenvalue weighted by Crippen LogP contribution is -2.33. The minimum Gasteiger partial charge on any atom is -0.381 e. The largest absolute Gasteiger partial charge is 0.381 e. The van der Waals surface area contributed by atoms with Gasteiger partial charge in [-0.2, -0.15) is 0 Å². The Kier molecular flexibility index (Phi) is 4.53. The fourth-order valence-electron chi connectivity index (χ4n) is 1.62. The standard InChI is InChI=1S/C12H15ClN2O3S2/c1-8(18-3)7-20(16,17)15(2)12-14-10-6-9(13)4-5-11(10)19-12/h4-6,8H,7H2,1-3H3/t8-/m0/s1. The molecule has 8 heteroatoms. The van der Waals surface area contributed by atoms with Gasteiger partial charge in [-0.3, -0.25) is 0 Å². The van der Waals surface area contributed by atoms with E-state index in [1.807, 2.05) is 6.07 Å². The first-order valence-corrected chi connectivity index (χ1v) is 8.69. The Hall–Kier alpha value is -0.890. The summed E-state index contributed by atoms with van der Waals surface area (Å²) in [7, 11) is -0.476. The second kappa shape index (κ2) is 5.85. The zero-order chi connectivity index (χ0) is 14.9. The number of aromatic nitrogens is 1. The summed E-state index contributed by atoms with van der Waals surface area (Å²) >= 11 is 7.21. The predicted octanol–water partition coefficient (Wildman–Crippen LogP) is 2.75. The summed E-state index contributed by atoms with van der Waals surface area (Å²) in [5, 5.41) is 0.999. The van der Waals surface area contributed by atoms with E-state index in [0.29, 0.717) is 15.7 Å². The average Bonchev–Trinajstić information content (AvgIpc) is 2.79. The van der Waals surface area contributed by atoms with Crippen molar-refractivity contribution in [3.63, 3.8) is 0 Å². The van der Waals surface area contributed by atoms with E-state index in [-0.39, 0.29) is 11.9 Å². The summed E-state index contributed by atoms with van der Waals surface area (Å²) in [4.78, 5) is 4.31. The number of nitrogens with zero attached hydrogens (tertiary/aromatic N) is 2. The molecule has 0 unspecified atom stereocenters. The van der Waals surface area contributed by atoms with Gasteiger partial charge in [0.25, 0.3) is 0 Å². The smallest absolute Gasteiger partial charge is 0.239 e. The monoisotopic (exact) mass is 334 g/mol. The van der Waals surface area contributed by atoms with Crippen LogP contribution in [-0.2, 0) is 14.8 Å². The Balaban J connectivity index is 2.33. The van der Waals surface area contributed by atoms with E-state index in [4.69, 9.17) is 16.3 Å². The van der Waals surface area contributed by atoms with Gasteiger partial charge in [0, 0.05) is 19.2 Å². The van der Waals surface area contributed by atoms with Crippen LogP contribution in [0, 0.1) is 0 Å². The second-order valence-electron chi connectivity index (χ2n) is 4.40. The number of rotatable bonds is 5. The molecule has 110 valence electrons. The van der Waals surface area contributed by atoms with Crippen LogP contribution in [0.25, 0.3) is 10.2 Å². The number of benzene rings is 1. The van der Waals surface area contributed by atoms with Crippen molar-refractivity contribution < 1.29 is 13.2 Å². The normalized spacial score (nSPS) is 13.6.